The molecule has 0 saturated heterocycles. The average molecular weight is 336 g/mol. The number of benzene rings is 2. The quantitative estimate of drug-likeness (QED) is 0.859. The molecule has 2 aromatic carbocycles. The highest BCUT2D eigenvalue weighted by atomic mass is 16.5. The SMILES string of the molecule is O=C(CN1C(=O)c2ccccc2C1=O)NCc1ccc2c(c1)CCO2. The first-order chi connectivity index (χ1) is 12.1. The van der Waals surface area contributed by atoms with Gasteiger partial charge in [-0.25, -0.2) is 0 Å². The second-order valence-corrected chi connectivity index (χ2v) is 6.06. The number of imide groups is 1. The van der Waals surface area contributed by atoms with Crippen molar-refractivity contribution < 1.29 is 19.1 Å². The van der Waals surface area contributed by atoms with Crippen LogP contribution in [0.5, 0.6) is 5.75 Å². The normalized spacial score (nSPS) is 15.0. The van der Waals surface area contributed by atoms with Crippen LogP contribution < -0.4 is 10.1 Å². The highest BCUT2D eigenvalue weighted by molar-refractivity contribution is 6.22. The van der Waals surface area contributed by atoms with E-state index in [2.05, 4.69) is 5.32 Å². The Morgan fingerprint density at radius 2 is 1.80 bits per heavy atom. The minimum Gasteiger partial charge on any atom is -0.493 e. The van der Waals surface area contributed by atoms with Gasteiger partial charge in [0, 0.05) is 13.0 Å². The van der Waals surface area contributed by atoms with Crippen molar-refractivity contribution in [3.05, 3.63) is 64.7 Å². The number of carbonyl (C=O) groups excluding carboxylic acids is 3. The van der Waals surface area contributed by atoms with Gasteiger partial charge in [0.05, 0.1) is 17.7 Å². The molecule has 4 rings (SSSR count). The van der Waals surface area contributed by atoms with E-state index in [0.29, 0.717) is 24.3 Å². The van der Waals surface area contributed by atoms with Gasteiger partial charge < -0.3 is 10.1 Å². The summed E-state index contributed by atoms with van der Waals surface area (Å²) in [6.07, 6.45) is 0.867. The molecule has 126 valence electrons. The number of nitrogens with zero attached hydrogens (tertiary/aromatic N) is 1. The fourth-order valence-corrected chi connectivity index (χ4v) is 3.13. The maximum absolute atomic E-state index is 12.3. The fourth-order valence-electron chi connectivity index (χ4n) is 3.13. The van der Waals surface area contributed by atoms with E-state index in [1.807, 2.05) is 18.2 Å². The lowest BCUT2D eigenvalue weighted by atomic mass is 10.1. The van der Waals surface area contributed by atoms with Gasteiger partial charge in [-0.2, -0.15) is 0 Å². The highest BCUT2D eigenvalue weighted by Crippen LogP contribution is 2.26. The summed E-state index contributed by atoms with van der Waals surface area (Å²) in [6.45, 7) is 0.751. The molecule has 0 bridgehead atoms. The first-order valence-corrected chi connectivity index (χ1v) is 8.10. The molecule has 0 radical (unpaired) electrons. The molecule has 25 heavy (non-hydrogen) atoms. The predicted octanol–water partition coefficient (Wildman–Crippen LogP) is 1.53. The summed E-state index contributed by atoms with van der Waals surface area (Å²) in [5.74, 6) is -0.330. The molecular formula is C19H16N2O4. The Kier molecular flexibility index (Phi) is 3.72. The molecule has 0 aliphatic carbocycles. The van der Waals surface area contributed by atoms with E-state index in [0.717, 1.165) is 28.2 Å². The van der Waals surface area contributed by atoms with Gasteiger partial charge in [-0.05, 0) is 29.3 Å². The maximum Gasteiger partial charge on any atom is 0.262 e. The highest BCUT2D eigenvalue weighted by Gasteiger charge is 2.36. The van der Waals surface area contributed by atoms with Crippen molar-refractivity contribution in [1.29, 1.82) is 0 Å². The van der Waals surface area contributed by atoms with Gasteiger partial charge in [-0.3, -0.25) is 19.3 Å². The first kappa shape index (κ1) is 15.4. The first-order valence-electron chi connectivity index (χ1n) is 8.10. The standard InChI is InChI=1S/C19H16N2O4/c22-17(20-10-12-5-6-16-13(9-12)7-8-25-16)11-21-18(23)14-3-1-2-4-15(14)19(21)24/h1-6,9H,7-8,10-11H2,(H,20,22). The van der Waals surface area contributed by atoms with Crippen LogP contribution in [0.1, 0.15) is 31.8 Å². The van der Waals surface area contributed by atoms with Crippen molar-refractivity contribution in [2.75, 3.05) is 13.2 Å². The summed E-state index contributed by atoms with van der Waals surface area (Å²) >= 11 is 0. The lowest BCUT2D eigenvalue weighted by molar-refractivity contribution is -0.121. The molecule has 0 fully saturated rings. The van der Waals surface area contributed by atoms with Gasteiger partial charge in [0.2, 0.25) is 5.91 Å². The second kappa shape index (κ2) is 6.05. The Labute approximate surface area is 144 Å². The molecule has 0 spiro atoms. The van der Waals surface area contributed by atoms with Gasteiger partial charge in [-0.1, -0.05) is 24.3 Å². The Morgan fingerprint density at radius 1 is 1.08 bits per heavy atom. The van der Waals surface area contributed by atoms with Gasteiger partial charge in [0.1, 0.15) is 12.3 Å². The second-order valence-electron chi connectivity index (χ2n) is 6.06. The van der Waals surface area contributed by atoms with Gasteiger partial charge >= 0.3 is 0 Å². The average Bonchev–Trinajstić information content (AvgIpc) is 3.19. The van der Waals surface area contributed by atoms with Gasteiger partial charge in [-0.15, -0.1) is 0 Å². The fraction of sp³-hybridized carbons (Fsp3) is 0.211. The molecule has 0 aromatic heterocycles. The molecule has 0 atom stereocenters. The van der Waals surface area contributed by atoms with Crippen LogP contribution in [0.25, 0.3) is 0 Å². The molecule has 2 aliphatic rings. The zero-order valence-corrected chi connectivity index (χ0v) is 13.5. The number of carbonyl (C=O) groups is 3. The molecule has 1 N–H and O–H groups in total. The van der Waals surface area contributed by atoms with E-state index in [1.54, 1.807) is 24.3 Å². The Balaban J connectivity index is 1.38. The minimum absolute atomic E-state index is 0.277. The number of ether oxygens (including phenoxy) is 1. The third-order valence-corrected chi connectivity index (χ3v) is 4.42. The molecule has 3 amide bonds. The summed E-state index contributed by atoms with van der Waals surface area (Å²) in [7, 11) is 0. The van der Waals surface area contributed by atoms with Crippen LogP contribution in [0.15, 0.2) is 42.5 Å². The van der Waals surface area contributed by atoms with Crippen molar-refractivity contribution in [1.82, 2.24) is 10.2 Å². The number of rotatable bonds is 4. The molecule has 0 saturated carbocycles. The molecule has 6 heteroatoms. The molecule has 2 heterocycles. The number of nitrogens with one attached hydrogen (secondary N) is 1. The number of amides is 3. The lowest BCUT2D eigenvalue weighted by Crippen LogP contribution is -2.40. The van der Waals surface area contributed by atoms with E-state index in [-0.39, 0.29) is 12.5 Å². The Morgan fingerprint density at radius 3 is 2.52 bits per heavy atom. The summed E-state index contributed by atoms with van der Waals surface area (Å²) in [5.41, 5.74) is 2.78. The van der Waals surface area contributed by atoms with E-state index in [9.17, 15) is 14.4 Å². The van der Waals surface area contributed by atoms with E-state index < -0.39 is 11.8 Å². The molecule has 0 unspecified atom stereocenters. The minimum atomic E-state index is -0.426. The van der Waals surface area contributed by atoms with Crippen molar-refractivity contribution in [3.63, 3.8) is 0 Å². The van der Waals surface area contributed by atoms with Crippen molar-refractivity contribution in [3.8, 4) is 5.75 Å². The molecule has 6 nitrogen and oxygen atoms in total. The van der Waals surface area contributed by atoms with Crippen LogP contribution in [0.2, 0.25) is 0 Å². The number of hydrogen-bond donors (Lipinski definition) is 1. The zero-order chi connectivity index (χ0) is 17.4. The maximum atomic E-state index is 12.3. The van der Waals surface area contributed by atoms with Crippen molar-refractivity contribution in [2.24, 2.45) is 0 Å². The van der Waals surface area contributed by atoms with Crippen molar-refractivity contribution in [2.45, 2.75) is 13.0 Å². The Hall–Kier alpha value is -3.15. The summed E-state index contributed by atoms with van der Waals surface area (Å²) in [4.78, 5) is 37.7. The summed E-state index contributed by atoms with van der Waals surface area (Å²) in [5, 5.41) is 2.76. The van der Waals surface area contributed by atoms with Crippen LogP contribution in [0.4, 0.5) is 0 Å². The van der Waals surface area contributed by atoms with Gasteiger partial charge in [0.25, 0.3) is 11.8 Å². The number of fused-ring (bicyclic) bond motifs is 2. The molecule has 2 aromatic rings. The third-order valence-electron chi connectivity index (χ3n) is 4.42. The zero-order valence-electron chi connectivity index (χ0n) is 13.5. The third kappa shape index (κ3) is 2.76. The largest absolute Gasteiger partial charge is 0.493 e. The monoisotopic (exact) mass is 336 g/mol. The lowest BCUT2D eigenvalue weighted by Gasteiger charge is -2.13. The van der Waals surface area contributed by atoms with Crippen LogP contribution in [0.3, 0.4) is 0 Å². The van der Waals surface area contributed by atoms with Crippen LogP contribution in [-0.2, 0) is 17.8 Å². The Bertz CT molecular complexity index is 856. The van der Waals surface area contributed by atoms with E-state index in [4.69, 9.17) is 4.74 Å². The molecule has 2 aliphatic heterocycles. The van der Waals surface area contributed by atoms with E-state index in [1.165, 1.54) is 0 Å². The van der Waals surface area contributed by atoms with E-state index >= 15 is 0 Å². The van der Waals surface area contributed by atoms with Crippen LogP contribution >= 0.6 is 0 Å². The summed E-state index contributed by atoms with van der Waals surface area (Å²) < 4.78 is 5.45. The predicted molar refractivity (Wildman–Crippen MR) is 89.3 cm³/mol. The number of hydrogen-bond acceptors (Lipinski definition) is 4. The van der Waals surface area contributed by atoms with Gasteiger partial charge in [0.15, 0.2) is 0 Å². The summed E-state index contributed by atoms with van der Waals surface area (Å²) in [6, 6.07) is 12.4. The smallest absolute Gasteiger partial charge is 0.262 e. The van der Waals surface area contributed by atoms with Crippen LogP contribution in [0, 0.1) is 0 Å². The van der Waals surface area contributed by atoms with Crippen LogP contribution in [-0.4, -0.2) is 35.8 Å². The van der Waals surface area contributed by atoms with Crippen molar-refractivity contribution >= 4 is 17.7 Å². The topological polar surface area (TPSA) is 75.7 Å². The molecular weight excluding hydrogens is 320 g/mol.